The van der Waals surface area contributed by atoms with Gasteiger partial charge in [0.05, 0.1) is 38.3 Å². The highest BCUT2D eigenvalue weighted by atomic mass is 32.2. The topological polar surface area (TPSA) is 109 Å². The van der Waals surface area contributed by atoms with Crippen LogP contribution in [-0.2, 0) is 72.0 Å². The first kappa shape index (κ1) is 41.2. The lowest BCUT2D eigenvalue weighted by atomic mass is 9.99. The molecule has 0 radical (unpaired) electrons. The molecule has 4 aliphatic rings. The number of thioether (sulfide) groups is 1. The summed E-state index contributed by atoms with van der Waals surface area (Å²) in [6.45, 7) is 12.1. The molecule has 3 aromatic rings. The summed E-state index contributed by atoms with van der Waals surface area (Å²) in [5, 5.41) is -0.547. The number of allylic oxidation sites excluding steroid dienone is 2. The number of fused-ring (bicyclic) bond motifs is 3. The van der Waals surface area contributed by atoms with Crippen molar-refractivity contribution in [2.75, 3.05) is 13.2 Å². The van der Waals surface area contributed by atoms with Crippen molar-refractivity contribution in [3.05, 3.63) is 119 Å². The summed E-state index contributed by atoms with van der Waals surface area (Å²) in [6, 6.07) is 30.0. The van der Waals surface area contributed by atoms with Gasteiger partial charge in [0.15, 0.2) is 29.9 Å². The van der Waals surface area contributed by atoms with Crippen LogP contribution < -0.4 is 0 Å². The number of carbonyl (C=O) groups is 1. The van der Waals surface area contributed by atoms with E-state index < -0.39 is 72.1 Å². The Bertz CT molecular complexity index is 1740. The van der Waals surface area contributed by atoms with E-state index in [4.69, 9.17) is 47.4 Å². The van der Waals surface area contributed by atoms with E-state index in [-0.39, 0.29) is 19.0 Å². The minimum absolute atomic E-state index is 0.0686. The van der Waals surface area contributed by atoms with Crippen LogP contribution in [0.3, 0.4) is 0 Å². The second kappa shape index (κ2) is 18.3. The summed E-state index contributed by atoms with van der Waals surface area (Å²) in [5.41, 5.74) is 3.03. The molecule has 10 atom stereocenters. The fourth-order valence-corrected chi connectivity index (χ4v) is 8.80. The first-order valence-corrected chi connectivity index (χ1v) is 20.3. The van der Waals surface area contributed by atoms with Crippen LogP contribution in [-0.4, -0.2) is 91.1 Å². The van der Waals surface area contributed by atoms with Gasteiger partial charge in [-0.2, -0.15) is 0 Å². The Morgan fingerprint density at radius 3 is 1.77 bits per heavy atom. The second-order valence-corrected chi connectivity index (χ2v) is 16.6. The van der Waals surface area contributed by atoms with Crippen molar-refractivity contribution >= 4 is 17.5 Å². The zero-order valence-corrected chi connectivity index (χ0v) is 33.8. The minimum Gasteiger partial charge on any atom is -0.374 e. The lowest BCUT2D eigenvalue weighted by molar-refractivity contribution is -0.293. The highest BCUT2D eigenvalue weighted by Crippen LogP contribution is 2.45. The molecule has 7 rings (SSSR count). The number of carbonyl (C=O) groups excluding carboxylic acids is 1. The van der Waals surface area contributed by atoms with Crippen molar-refractivity contribution < 1.29 is 52.2 Å². The van der Waals surface area contributed by atoms with Crippen LogP contribution in [0.5, 0.6) is 0 Å². The zero-order valence-electron chi connectivity index (χ0n) is 32.9. The van der Waals surface area contributed by atoms with Crippen molar-refractivity contribution in [1.29, 1.82) is 0 Å². The maximum Gasteiger partial charge on any atom is 0.190 e. The molecule has 0 bridgehead atoms. The lowest BCUT2D eigenvalue weighted by Gasteiger charge is -2.46. The van der Waals surface area contributed by atoms with Gasteiger partial charge in [0.1, 0.15) is 42.7 Å². The predicted molar refractivity (Wildman–Crippen MR) is 209 cm³/mol. The largest absolute Gasteiger partial charge is 0.374 e. The predicted octanol–water partition coefficient (Wildman–Crippen LogP) is 7.11. The maximum absolute atomic E-state index is 13.0. The number of hydrogen-bond donors (Lipinski definition) is 0. The van der Waals surface area contributed by atoms with Gasteiger partial charge in [-0.1, -0.05) is 97.1 Å². The van der Waals surface area contributed by atoms with Gasteiger partial charge in [-0.05, 0) is 58.2 Å². The fourth-order valence-electron chi connectivity index (χ4n) is 7.58. The molecule has 3 aromatic carbocycles. The van der Waals surface area contributed by atoms with E-state index in [0.29, 0.717) is 24.7 Å². The van der Waals surface area contributed by atoms with Crippen LogP contribution in [0.4, 0.5) is 0 Å². The Morgan fingerprint density at radius 2 is 1.18 bits per heavy atom. The number of ketones is 1. The van der Waals surface area contributed by atoms with E-state index in [1.54, 1.807) is 6.92 Å². The first-order valence-electron chi connectivity index (χ1n) is 19.4. The first-order chi connectivity index (χ1) is 27.0. The summed E-state index contributed by atoms with van der Waals surface area (Å²) in [6.07, 6.45) is -3.59. The molecule has 0 saturated carbocycles. The van der Waals surface area contributed by atoms with Crippen molar-refractivity contribution in [2.45, 2.75) is 133 Å². The third kappa shape index (κ3) is 10.2. The Labute approximate surface area is 334 Å². The molecule has 11 nitrogen and oxygen atoms in total. The lowest BCUT2D eigenvalue weighted by Crippen LogP contribution is -2.61. The number of rotatable bonds is 16. The van der Waals surface area contributed by atoms with Gasteiger partial charge in [-0.3, -0.25) is 4.79 Å². The highest BCUT2D eigenvalue weighted by molar-refractivity contribution is 8.04. The standard InChI is InChI=1S/C44H54O11S/c1-7-34(28(2)45)56-40-38(48-25-31-21-15-10-16-22-31)35(47-24-30-19-13-9-14-20-30)32(26-46-23-29-17-11-8-12-18-29)51-42(40)49-27-33-36-37(53-43(3,4)52-36)39-41(50-33)55-44(5,6)54-39/h7-22,32-33,35-42H,23-27H2,1-6H3/b34-7+/t32-,33-,35-,36+,37+,38+,39-,40+,41-,42+/m1/s1. The van der Waals surface area contributed by atoms with Gasteiger partial charge < -0.3 is 47.4 Å². The van der Waals surface area contributed by atoms with E-state index in [1.165, 1.54) is 11.8 Å². The Kier molecular flexibility index (Phi) is 13.5. The normalized spacial score (nSPS) is 32.1. The zero-order chi connectivity index (χ0) is 39.3. The molecule has 0 N–H and O–H groups in total. The van der Waals surface area contributed by atoms with Gasteiger partial charge in [0.25, 0.3) is 0 Å². The molecular formula is C44H54O11S. The highest BCUT2D eigenvalue weighted by Gasteiger charge is 2.61. The van der Waals surface area contributed by atoms with Crippen molar-refractivity contribution in [3.63, 3.8) is 0 Å². The van der Waals surface area contributed by atoms with Crippen LogP contribution in [0.15, 0.2) is 102 Å². The third-order valence-electron chi connectivity index (χ3n) is 10.1. The number of hydrogen-bond acceptors (Lipinski definition) is 12. The molecule has 0 spiro atoms. The Morgan fingerprint density at radius 1 is 0.643 bits per heavy atom. The molecule has 4 saturated heterocycles. The van der Waals surface area contributed by atoms with Gasteiger partial charge in [0, 0.05) is 4.91 Å². The van der Waals surface area contributed by atoms with E-state index in [1.807, 2.05) is 132 Å². The number of ether oxygens (including phenoxy) is 10. The van der Waals surface area contributed by atoms with Gasteiger partial charge >= 0.3 is 0 Å². The monoisotopic (exact) mass is 790 g/mol. The van der Waals surface area contributed by atoms with Gasteiger partial charge in [-0.25, -0.2) is 0 Å². The van der Waals surface area contributed by atoms with Crippen LogP contribution >= 0.6 is 11.8 Å². The van der Waals surface area contributed by atoms with Gasteiger partial charge in [-0.15, -0.1) is 11.8 Å². The smallest absolute Gasteiger partial charge is 0.190 e. The van der Waals surface area contributed by atoms with Gasteiger partial charge in [0.2, 0.25) is 0 Å². The Hall–Kier alpha value is -2.98. The quantitative estimate of drug-likeness (QED) is 0.138. The molecule has 4 aliphatic heterocycles. The summed E-state index contributed by atoms with van der Waals surface area (Å²) in [5.74, 6) is -1.80. The van der Waals surface area contributed by atoms with Crippen LogP contribution in [0.1, 0.15) is 58.2 Å². The second-order valence-electron chi connectivity index (χ2n) is 15.4. The molecule has 302 valence electrons. The van der Waals surface area contributed by atoms with Crippen molar-refractivity contribution in [1.82, 2.24) is 0 Å². The van der Waals surface area contributed by atoms with E-state index in [0.717, 1.165) is 16.7 Å². The number of benzene rings is 3. The van der Waals surface area contributed by atoms with E-state index in [2.05, 4.69) is 0 Å². The van der Waals surface area contributed by atoms with Crippen molar-refractivity contribution in [2.24, 2.45) is 0 Å². The molecule has 0 unspecified atom stereocenters. The molecule has 4 heterocycles. The summed E-state index contributed by atoms with van der Waals surface area (Å²) >= 11 is 1.37. The average molecular weight is 791 g/mol. The summed E-state index contributed by atoms with van der Waals surface area (Å²) in [4.78, 5) is 13.5. The van der Waals surface area contributed by atoms with Crippen LogP contribution in [0.2, 0.25) is 0 Å². The maximum atomic E-state index is 13.0. The minimum atomic E-state index is -0.885. The number of Topliss-reactive ketones (excluding diaryl/α,β-unsaturated/α-hetero) is 1. The third-order valence-corrected chi connectivity index (χ3v) is 11.6. The molecular weight excluding hydrogens is 737 g/mol. The molecule has 12 heteroatoms. The SMILES string of the molecule is C/C=C(/S[C@@H]1[C@@H](OC[C@H]2O[C@@H]3OC(C)(C)O[C@@H]3[C@H]3OC(C)(C)O[C@H]32)O[C@H](COCc2ccccc2)[C@@H](OCc2ccccc2)[C@@H]1OCc1ccccc1)C(C)=O. The molecule has 56 heavy (non-hydrogen) atoms. The van der Waals surface area contributed by atoms with E-state index >= 15 is 0 Å². The van der Waals surface area contributed by atoms with Crippen LogP contribution in [0.25, 0.3) is 0 Å². The molecule has 0 aromatic heterocycles. The Balaban J connectivity index is 1.20. The average Bonchev–Trinajstić information content (AvgIpc) is 3.69. The summed E-state index contributed by atoms with van der Waals surface area (Å²) in [7, 11) is 0. The van der Waals surface area contributed by atoms with Crippen molar-refractivity contribution in [3.8, 4) is 0 Å². The van der Waals surface area contributed by atoms with Crippen LogP contribution in [0, 0.1) is 0 Å². The molecule has 0 aliphatic carbocycles. The summed E-state index contributed by atoms with van der Waals surface area (Å²) < 4.78 is 65.4. The fraction of sp³-hybridized carbons (Fsp3) is 0.523. The molecule has 0 amide bonds. The molecule has 4 fully saturated rings. The van der Waals surface area contributed by atoms with E-state index in [9.17, 15) is 4.79 Å².